The third-order valence-electron chi connectivity index (χ3n) is 6.55. The average molecular weight is 747 g/mol. The number of hydrogen-bond donors (Lipinski definition) is 0. The molecule has 0 aliphatic carbocycles. The van der Waals surface area contributed by atoms with Crippen molar-refractivity contribution in [2.24, 2.45) is 5.92 Å². The molecule has 2 heterocycles. The number of aromatic nitrogens is 1. The summed E-state index contributed by atoms with van der Waals surface area (Å²) in [4.78, 5) is 62.7. The zero-order valence-corrected chi connectivity index (χ0v) is 30.9. The summed E-state index contributed by atoms with van der Waals surface area (Å²) in [7, 11) is 1.31. The number of halogens is 1. The number of carbonyl (C=O) groups is 4. The van der Waals surface area contributed by atoms with Gasteiger partial charge in [0.25, 0.3) is 5.91 Å². The van der Waals surface area contributed by atoms with Gasteiger partial charge in [0.05, 0.1) is 10.7 Å². The molecule has 0 atom stereocenters. The minimum Gasteiger partial charge on any atom is -0.480 e. The normalized spacial score (nSPS) is 14.8. The third-order valence-corrected chi connectivity index (χ3v) is 7.34. The lowest BCUT2D eigenvalue weighted by Gasteiger charge is -2.35. The van der Waals surface area contributed by atoms with Gasteiger partial charge < -0.3 is 23.8 Å². The molecule has 1 aromatic rings. The number of likely N-dealkylation sites (tertiary alicyclic amines) is 1. The molecular formula is C32H51IN4O8. The van der Waals surface area contributed by atoms with E-state index in [1.54, 1.807) is 62.3 Å². The molecule has 45 heavy (non-hydrogen) atoms. The highest BCUT2D eigenvalue weighted by Crippen LogP contribution is 2.32. The fourth-order valence-corrected chi connectivity index (χ4v) is 5.20. The van der Waals surface area contributed by atoms with Crippen molar-refractivity contribution in [3.63, 3.8) is 0 Å². The molecule has 1 aliphatic rings. The van der Waals surface area contributed by atoms with E-state index in [1.807, 2.05) is 22.6 Å². The van der Waals surface area contributed by atoms with Crippen molar-refractivity contribution in [2.75, 3.05) is 38.2 Å². The highest BCUT2D eigenvalue weighted by atomic mass is 127. The largest absolute Gasteiger partial charge is 0.480 e. The second kappa shape index (κ2) is 15.7. The van der Waals surface area contributed by atoms with E-state index in [-0.39, 0.29) is 33.3 Å². The molecular weight excluding hydrogens is 695 g/mol. The van der Waals surface area contributed by atoms with Crippen LogP contribution in [0.4, 0.5) is 20.2 Å². The van der Waals surface area contributed by atoms with Crippen LogP contribution in [0.2, 0.25) is 0 Å². The van der Waals surface area contributed by atoms with Crippen LogP contribution in [-0.4, -0.2) is 89.1 Å². The maximum absolute atomic E-state index is 14.1. The molecule has 0 N–H and O–H groups in total. The van der Waals surface area contributed by atoms with Gasteiger partial charge in [0.1, 0.15) is 22.4 Å². The van der Waals surface area contributed by atoms with Gasteiger partial charge in [-0.3, -0.25) is 4.79 Å². The summed E-state index contributed by atoms with van der Waals surface area (Å²) >= 11 is 1.87. The van der Waals surface area contributed by atoms with Crippen LogP contribution in [0.1, 0.15) is 105 Å². The number of nitrogens with zero attached hydrogens (tertiary/aromatic N) is 4. The van der Waals surface area contributed by atoms with E-state index in [1.165, 1.54) is 13.2 Å². The number of ether oxygens (including phenoxy) is 4. The van der Waals surface area contributed by atoms with Crippen LogP contribution in [0.25, 0.3) is 0 Å². The van der Waals surface area contributed by atoms with Crippen LogP contribution >= 0.6 is 22.6 Å². The average Bonchev–Trinajstić information content (AvgIpc) is 2.88. The van der Waals surface area contributed by atoms with Crippen LogP contribution in [0.15, 0.2) is 6.07 Å². The van der Waals surface area contributed by atoms with Crippen molar-refractivity contribution in [1.82, 2.24) is 14.8 Å². The van der Waals surface area contributed by atoms with Gasteiger partial charge in [0.15, 0.2) is 5.82 Å². The summed E-state index contributed by atoms with van der Waals surface area (Å²) in [5.74, 6) is -0.898. The first-order chi connectivity index (χ1) is 20.7. The number of carbonyl (C=O) groups excluding carboxylic acids is 4. The van der Waals surface area contributed by atoms with E-state index in [4.69, 9.17) is 18.9 Å². The molecule has 1 aromatic heterocycles. The van der Waals surface area contributed by atoms with Gasteiger partial charge in [-0.1, -0.05) is 13.3 Å². The molecule has 0 unspecified atom stereocenters. The van der Waals surface area contributed by atoms with E-state index >= 15 is 0 Å². The van der Waals surface area contributed by atoms with Gasteiger partial charge in [0, 0.05) is 6.54 Å². The van der Waals surface area contributed by atoms with Gasteiger partial charge in [-0.2, -0.15) is 9.88 Å². The van der Waals surface area contributed by atoms with E-state index in [9.17, 15) is 19.2 Å². The molecule has 1 fully saturated rings. The van der Waals surface area contributed by atoms with Crippen molar-refractivity contribution in [3.05, 3.63) is 15.2 Å². The first-order valence-electron chi connectivity index (χ1n) is 15.4. The fourth-order valence-electron chi connectivity index (χ4n) is 4.53. The van der Waals surface area contributed by atoms with E-state index in [0.29, 0.717) is 4.90 Å². The Morgan fingerprint density at radius 3 is 1.82 bits per heavy atom. The van der Waals surface area contributed by atoms with Gasteiger partial charge in [-0.05, 0) is 136 Å². The molecule has 12 nitrogen and oxygen atoms in total. The molecule has 254 valence electrons. The lowest BCUT2D eigenvalue weighted by atomic mass is 9.95. The first kappa shape index (κ1) is 38.5. The Labute approximate surface area is 281 Å². The lowest BCUT2D eigenvalue weighted by molar-refractivity contribution is 0.0191. The number of anilines is 1. The molecule has 13 heteroatoms. The molecule has 0 radical (unpaired) electrons. The van der Waals surface area contributed by atoms with E-state index in [2.05, 4.69) is 16.8 Å². The smallest absolute Gasteiger partial charge is 0.425 e. The zero-order valence-electron chi connectivity index (χ0n) is 28.7. The Balaban J connectivity index is 2.52. The number of unbranched alkanes of at least 4 members (excludes halogenated alkanes) is 1. The van der Waals surface area contributed by atoms with Crippen molar-refractivity contribution >= 4 is 52.6 Å². The number of amides is 4. The summed E-state index contributed by atoms with van der Waals surface area (Å²) < 4.78 is 22.4. The quantitative estimate of drug-likeness (QED) is 0.198. The highest BCUT2D eigenvalue weighted by molar-refractivity contribution is 14.1. The van der Waals surface area contributed by atoms with E-state index in [0.717, 1.165) is 50.2 Å². The van der Waals surface area contributed by atoms with Crippen LogP contribution in [-0.2, 0) is 14.2 Å². The first-order valence-corrected chi connectivity index (χ1v) is 16.5. The fraction of sp³-hybridized carbons (Fsp3) is 0.719. The number of rotatable bonds is 8. The van der Waals surface area contributed by atoms with Gasteiger partial charge in [-0.25, -0.2) is 19.3 Å². The number of hydrogen-bond acceptors (Lipinski definition) is 10. The molecule has 4 amide bonds. The summed E-state index contributed by atoms with van der Waals surface area (Å²) in [6.07, 6.45) is 1.14. The molecule has 1 saturated heterocycles. The van der Waals surface area contributed by atoms with Gasteiger partial charge in [-0.15, -0.1) is 0 Å². The Bertz CT molecular complexity index is 1180. The summed E-state index contributed by atoms with van der Waals surface area (Å²) in [6.45, 7) is 20.4. The van der Waals surface area contributed by atoms with Crippen molar-refractivity contribution in [3.8, 4) is 5.88 Å². The molecule has 1 aliphatic heterocycles. The van der Waals surface area contributed by atoms with Crippen LogP contribution in [0.3, 0.4) is 0 Å². The Morgan fingerprint density at radius 1 is 0.889 bits per heavy atom. The summed E-state index contributed by atoms with van der Waals surface area (Å²) in [6, 6.07) is 1.43. The number of imide groups is 2. The van der Waals surface area contributed by atoms with Gasteiger partial charge in [0.2, 0.25) is 5.88 Å². The predicted octanol–water partition coefficient (Wildman–Crippen LogP) is 7.26. The van der Waals surface area contributed by atoms with Crippen LogP contribution in [0.5, 0.6) is 5.88 Å². The topological polar surface area (TPSA) is 128 Å². The minimum absolute atomic E-state index is 0.0229. The molecule has 0 saturated carbocycles. The summed E-state index contributed by atoms with van der Waals surface area (Å²) in [5.41, 5.74) is -2.71. The SMILES string of the molecule is CCCCN1CCC(CN(C(=O)OC(C)(C)C)C(=O)c2cc(I)c(N(C(=O)OC(C)(C)C)C(=O)OC(C)(C)C)nc2OC)CC1. The Hall–Kier alpha value is -2.68. The second-order valence-corrected chi connectivity index (χ2v) is 15.3. The van der Waals surface area contributed by atoms with Gasteiger partial charge >= 0.3 is 18.3 Å². The van der Waals surface area contributed by atoms with Crippen molar-refractivity contribution in [2.45, 2.75) is 112 Å². The molecule has 0 bridgehead atoms. The lowest BCUT2D eigenvalue weighted by Crippen LogP contribution is -2.46. The maximum Gasteiger partial charge on any atom is 0.425 e. The van der Waals surface area contributed by atoms with Crippen molar-refractivity contribution < 1.29 is 38.1 Å². The van der Waals surface area contributed by atoms with Crippen LogP contribution < -0.4 is 9.64 Å². The molecule has 0 spiro atoms. The monoisotopic (exact) mass is 746 g/mol. The third kappa shape index (κ3) is 12.2. The Kier molecular flexibility index (Phi) is 13.5. The number of pyridine rings is 1. The molecule has 0 aromatic carbocycles. The standard InChI is InChI=1S/C32H51IN4O8/c1-12-13-16-35-17-14-21(15-18-35)20-36(27(39)43-30(2,3)4)26(38)22-19-23(33)24(34-25(22)42-11)37(28(40)44-31(5,6)7)29(41)45-32(8,9)10/h19,21H,12-18,20H2,1-11H3. The molecule has 2 rings (SSSR count). The Morgan fingerprint density at radius 2 is 1.38 bits per heavy atom. The zero-order chi connectivity index (χ0) is 34.3. The van der Waals surface area contributed by atoms with Crippen molar-refractivity contribution in [1.29, 1.82) is 0 Å². The minimum atomic E-state index is -1.01. The summed E-state index contributed by atoms with van der Waals surface area (Å²) in [5, 5.41) is 0. The second-order valence-electron chi connectivity index (χ2n) is 14.2. The van der Waals surface area contributed by atoms with E-state index < -0.39 is 41.0 Å². The maximum atomic E-state index is 14.1. The number of methoxy groups -OCH3 is 1. The highest BCUT2D eigenvalue weighted by Gasteiger charge is 2.38. The van der Waals surface area contributed by atoms with Crippen LogP contribution in [0, 0.1) is 9.49 Å². The number of piperidine rings is 1. The predicted molar refractivity (Wildman–Crippen MR) is 180 cm³/mol.